The smallest absolute Gasteiger partial charge is 0.158 e. The Morgan fingerprint density at radius 1 is 0.351 bits per heavy atom. The fourth-order valence-electron chi connectivity index (χ4n) is 11.2. The van der Waals surface area contributed by atoms with E-state index in [4.69, 9.17) is 8.83 Å². The molecular formula is C68H62N4O2. The average molecular weight is 967 g/mol. The van der Waals surface area contributed by atoms with Crippen LogP contribution >= 0.6 is 0 Å². The van der Waals surface area contributed by atoms with Crippen LogP contribution in [0.4, 0.5) is 34.1 Å². The SMILES string of the molecule is CC(C)(C)c1ccccc1N(c1ccc2cc3c(cc2c1)oc1c(C#N)c2oc4cc5cc(N(c6ccccc6C(C)(C)C)c6ccccc6C(C)(C)C)ccc5cc4c2c(C#N)c13)c1ccccc1C(C)(C)C. The van der Waals surface area contributed by atoms with E-state index in [0.717, 1.165) is 66.4 Å². The summed E-state index contributed by atoms with van der Waals surface area (Å²) in [5.74, 6) is 0. The van der Waals surface area contributed by atoms with E-state index in [2.05, 4.69) is 251 Å². The van der Waals surface area contributed by atoms with E-state index in [-0.39, 0.29) is 27.2 Å². The van der Waals surface area contributed by atoms with Gasteiger partial charge in [-0.05, 0) is 138 Å². The number of nitrogens with zero attached hydrogens (tertiary/aromatic N) is 4. The van der Waals surface area contributed by atoms with Crippen LogP contribution in [-0.2, 0) is 21.7 Å². The molecule has 0 aliphatic carbocycles. The Balaban J connectivity index is 1.09. The molecule has 11 aromatic rings. The number of rotatable bonds is 6. The van der Waals surface area contributed by atoms with Crippen LogP contribution in [0.15, 0.2) is 167 Å². The molecule has 11 rings (SSSR count). The van der Waals surface area contributed by atoms with Gasteiger partial charge in [-0.25, -0.2) is 0 Å². The van der Waals surface area contributed by atoms with Crippen molar-refractivity contribution in [1.82, 2.24) is 0 Å². The Hall–Kier alpha value is -8.32. The third kappa shape index (κ3) is 7.92. The molecule has 6 heteroatoms. The molecule has 0 bridgehead atoms. The summed E-state index contributed by atoms with van der Waals surface area (Å²) in [7, 11) is 0. The van der Waals surface area contributed by atoms with E-state index in [1.807, 2.05) is 12.1 Å². The molecule has 0 saturated heterocycles. The lowest BCUT2D eigenvalue weighted by atomic mass is 9.83. The molecule has 0 atom stereocenters. The summed E-state index contributed by atoms with van der Waals surface area (Å²) in [6.45, 7) is 27.1. The molecule has 74 heavy (non-hydrogen) atoms. The Bertz CT molecular complexity index is 3790. The summed E-state index contributed by atoms with van der Waals surface area (Å²) in [5, 5.41) is 28.9. The first-order valence-corrected chi connectivity index (χ1v) is 25.7. The summed E-state index contributed by atoms with van der Waals surface area (Å²) < 4.78 is 13.5. The summed E-state index contributed by atoms with van der Waals surface area (Å²) in [6.07, 6.45) is 0. The molecule has 0 spiro atoms. The molecule has 9 aromatic carbocycles. The van der Waals surface area contributed by atoms with Gasteiger partial charge in [-0.15, -0.1) is 0 Å². The summed E-state index contributed by atoms with van der Waals surface area (Å²) in [6, 6.07) is 61.2. The van der Waals surface area contributed by atoms with E-state index >= 15 is 0 Å². The van der Waals surface area contributed by atoms with Crippen LogP contribution in [0.1, 0.15) is 116 Å². The fraction of sp³-hybridized carbons (Fsp3) is 0.235. The minimum atomic E-state index is -0.124. The van der Waals surface area contributed by atoms with Crippen molar-refractivity contribution in [3.8, 4) is 12.1 Å². The molecule has 0 aliphatic rings. The number of benzene rings is 9. The normalized spacial score (nSPS) is 12.6. The van der Waals surface area contributed by atoms with Crippen molar-refractivity contribution in [2.24, 2.45) is 0 Å². The third-order valence-corrected chi connectivity index (χ3v) is 14.8. The first-order valence-electron chi connectivity index (χ1n) is 25.7. The van der Waals surface area contributed by atoms with Crippen LogP contribution in [0, 0.1) is 22.7 Å². The second kappa shape index (κ2) is 17.1. The zero-order valence-electron chi connectivity index (χ0n) is 44.6. The number of hydrogen-bond donors (Lipinski definition) is 0. The predicted octanol–water partition coefficient (Wildman–Crippen LogP) is 19.7. The van der Waals surface area contributed by atoms with Crippen LogP contribution in [0.5, 0.6) is 0 Å². The number of para-hydroxylation sites is 4. The van der Waals surface area contributed by atoms with Gasteiger partial charge in [-0.2, -0.15) is 10.5 Å². The quantitative estimate of drug-likeness (QED) is 0.165. The maximum Gasteiger partial charge on any atom is 0.158 e. The van der Waals surface area contributed by atoms with Gasteiger partial charge in [0, 0.05) is 55.7 Å². The molecule has 2 aromatic heterocycles. The van der Waals surface area contributed by atoms with Crippen molar-refractivity contribution in [2.75, 3.05) is 9.80 Å². The lowest BCUT2D eigenvalue weighted by Gasteiger charge is -2.35. The Kier molecular flexibility index (Phi) is 11.1. The maximum atomic E-state index is 11.2. The zero-order valence-corrected chi connectivity index (χ0v) is 44.6. The van der Waals surface area contributed by atoms with Crippen molar-refractivity contribution in [3.05, 3.63) is 191 Å². The predicted molar refractivity (Wildman–Crippen MR) is 310 cm³/mol. The van der Waals surface area contributed by atoms with Crippen LogP contribution in [0.3, 0.4) is 0 Å². The number of furan rings is 2. The average Bonchev–Trinajstić information content (AvgIpc) is 3.91. The fourth-order valence-corrected chi connectivity index (χ4v) is 11.2. The van der Waals surface area contributed by atoms with Crippen LogP contribution in [-0.4, -0.2) is 0 Å². The summed E-state index contributed by atoms with van der Waals surface area (Å²) in [5.41, 5.74) is 13.5. The first-order chi connectivity index (χ1) is 35.1. The van der Waals surface area contributed by atoms with Gasteiger partial charge in [-0.1, -0.05) is 168 Å². The van der Waals surface area contributed by atoms with E-state index in [1.54, 1.807) is 0 Å². The summed E-state index contributed by atoms with van der Waals surface area (Å²) >= 11 is 0. The molecular weight excluding hydrogens is 905 g/mol. The monoisotopic (exact) mass is 966 g/mol. The van der Waals surface area contributed by atoms with Gasteiger partial charge in [0.2, 0.25) is 0 Å². The second-order valence-corrected chi connectivity index (χ2v) is 24.1. The second-order valence-electron chi connectivity index (χ2n) is 24.1. The highest BCUT2D eigenvalue weighted by molar-refractivity contribution is 6.24. The van der Waals surface area contributed by atoms with E-state index in [1.165, 1.54) is 22.3 Å². The third-order valence-electron chi connectivity index (χ3n) is 14.8. The minimum Gasteiger partial charge on any atom is -0.454 e. The Morgan fingerprint density at radius 2 is 0.662 bits per heavy atom. The van der Waals surface area contributed by atoms with Gasteiger partial charge in [-0.3, -0.25) is 0 Å². The molecule has 0 saturated carbocycles. The van der Waals surface area contributed by atoms with Gasteiger partial charge in [0.15, 0.2) is 11.2 Å². The molecule has 6 nitrogen and oxygen atoms in total. The van der Waals surface area contributed by atoms with E-state index in [9.17, 15) is 10.5 Å². The lowest BCUT2D eigenvalue weighted by molar-refractivity contribution is 0.586. The number of fused-ring (bicyclic) bond motifs is 8. The van der Waals surface area contributed by atoms with Gasteiger partial charge in [0.05, 0.1) is 5.56 Å². The number of nitriles is 2. The highest BCUT2D eigenvalue weighted by Crippen LogP contribution is 2.49. The van der Waals surface area contributed by atoms with Crippen LogP contribution in [0.25, 0.3) is 65.4 Å². The topological polar surface area (TPSA) is 80.3 Å². The largest absolute Gasteiger partial charge is 0.454 e. The Morgan fingerprint density at radius 3 is 0.959 bits per heavy atom. The molecule has 2 heterocycles. The lowest BCUT2D eigenvalue weighted by Crippen LogP contribution is -2.22. The number of hydrogen-bond acceptors (Lipinski definition) is 6. The molecule has 0 radical (unpaired) electrons. The van der Waals surface area contributed by atoms with Gasteiger partial charge >= 0.3 is 0 Å². The molecule has 0 aliphatic heterocycles. The standard InChI is InChI=1S/C68H62N4O2/c1-65(2,3)51-21-13-17-25-55(51)71(56-26-18-14-22-52(56)66(4,5)6)45-31-29-41-35-47-59(37-43(41)33-45)73-63-50(40-70)64-62(49(39-69)61(47)63)48-36-42-30-32-46(34-44(42)38-60(48)74-64)72(57-27-19-15-23-53(57)67(7,8)9)58-28-20-16-24-54(58)68(10,11)12/h13-38H,1-12H3. The van der Waals surface area contributed by atoms with Crippen molar-refractivity contribution in [1.29, 1.82) is 10.5 Å². The first kappa shape index (κ1) is 48.0. The van der Waals surface area contributed by atoms with Crippen molar-refractivity contribution in [3.63, 3.8) is 0 Å². The van der Waals surface area contributed by atoms with E-state index < -0.39 is 0 Å². The van der Waals surface area contributed by atoms with Gasteiger partial charge in [0.1, 0.15) is 28.9 Å². The van der Waals surface area contributed by atoms with Crippen LogP contribution < -0.4 is 9.80 Å². The molecule has 366 valence electrons. The van der Waals surface area contributed by atoms with E-state index in [0.29, 0.717) is 38.7 Å². The Labute approximate surface area is 434 Å². The highest BCUT2D eigenvalue weighted by atomic mass is 16.3. The van der Waals surface area contributed by atoms with Gasteiger partial charge < -0.3 is 18.6 Å². The molecule has 0 N–H and O–H groups in total. The van der Waals surface area contributed by atoms with Crippen molar-refractivity contribution >= 4 is 99.5 Å². The van der Waals surface area contributed by atoms with Crippen molar-refractivity contribution in [2.45, 2.75) is 105 Å². The number of anilines is 6. The van der Waals surface area contributed by atoms with Gasteiger partial charge in [0.25, 0.3) is 0 Å². The van der Waals surface area contributed by atoms with Crippen LogP contribution in [0.2, 0.25) is 0 Å². The zero-order chi connectivity index (χ0) is 52.2. The molecule has 0 fully saturated rings. The summed E-state index contributed by atoms with van der Waals surface area (Å²) in [4.78, 5) is 4.78. The minimum absolute atomic E-state index is 0.124. The molecule has 0 unspecified atom stereocenters. The van der Waals surface area contributed by atoms with Crippen molar-refractivity contribution < 1.29 is 8.83 Å². The molecule has 0 amide bonds. The highest BCUT2D eigenvalue weighted by Gasteiger charge is 2.31. The maximum absolute atomic E-state index is 11.2.